The van der Waals surface area contributed by atoms with Gasteiger partial charge in [-0.1, -0.05) is 364 Å². The first-order chi connectivity index (χ1) is 53.6. The van der Waals surface area contributed by atoms with Crippen molar-refractivity contribution >= 4 is 97.0 Å². The summed E-state index contributed by atoms with van der Waals surface area (Å²) >= 11 is 0. The Bertz CT molecular complexity index is 4940. The zero-order chi connectivity index (χ0) is 73.5. The Morgan fingerprint density at radius 2 is 0.200 bits per heavy atom. The van der Waals surface area contributed by atoms with Gasteiger partial charge in [0.2, 0.25) is 0 Å². The van der Waals surface area contributed by atoms with Crippen LogP contribution in [0.4, 0.5) is 0 Å². The summed E-state index contributed by atoms with van der Waals surface area (Å²) in [5.41, 5.74) is 4.38. The molecular formula is C108H82U2. The molecule has 0 atom stereocenters. The standard InChI is InChI=1S/3C14H10.2C12H8.3C10H8.2C6H6.2U/c3*1-2-6-12-10-14-8-4-3-7-13(14)9-11(12)5-1;2*1-3-7-11(8-4-1)12-9-5-2-6-10-12;3*1-2-6-10-8-4-3-7-9(10)5-1;2*1-2-4-6-5-3-1;;/h3*1-10H;2*1-7,9H;3*1-8H;2*1-6H;;/q;;;2*-2;;;;;;2*+2. The molecule has 0 unspecified atom stereocenters. The van der Waals surface area contributed by atoms with E-state index in [0.717, 1.165) is 22.3 Å². The van der Waals surface area contributed by atoms with Crippen LogP contribution >= 0.6 is 0 Å². The molecule has 0 N–H and O–H groups in total. The fourth-order valence-corrected chi connectivity index (χ4v) is 12.1. The molecule has 0 amide bonds. The van der Waals surface area contributed by atoms with Crippen LogP contribution in [0.25, 0.3) is 119 Å². The molecule has 0 bridgehead atoms. The van der Waals surface area contributed by atoms with Gasteiger partial charge in [0.15, 0.2) is 0 Å². The Balaban J connectivity index is 0.000000131. The van der Waals surface area contributed by atoms with Gasteiger partial charge in [0.05, 0.1) is 0 Å². The summed E-state index contributed by atoms with van der Waals surface area (Å²) in [6.07, 6.45) is 0. The molecule has 110 heavy (non-hydrogen) atoms. The van der Waals surface area contributed by atoms with Crippen molar-refractivity contribution in [2.24, 2.45) is 0 Å². The van der Waals surface area contributed by atoms with Gasteiger partial charge in [0, 0.05) is 0 Å². The number of hydrogen-bond acceptors (Lipinski definition) is 0. The Labute approximate surface area is 696 Å². The molecule has 0 fully saturated rings. The molecule has 21 aromatic rings. The van der Waals surface area contributed by atoms with Crippen molar-refractivity contribution in [3.05, 3.63) is 522 Å². The number of rotatable bonds is 2. The van der Waals surface area contributed by atoms with E-state index < -0.39 is 0 Å². The molecule has 0 aliphatic heterocycles. The average Bonchev–Trinajstić information content (AvgIpc) is 0.815. The number of hydrogen-bond donors (Lipinski definition) is 0. The SMILES string of the molecule is [U+2].[U+2].[c-]1ccccc1-c1[c-]cccc1.[c-]1ccccc1-c1[c-]cccc1.c1ccc2cc3ccccc3cc2c1.c1ccc2cc3ccccc3cc2c1.c1ccc2cc3ccccc3cc2c1.c1ccc2ccccc2c1.c1ccc2ccccc2c1.c1ccc2ccccc2c1.c1ccccc1.c1ccccc1. The predicted molar refractivity (Wildman–Crippen MR) is 468 cm³/mol. The van der Waals surface area contributed by atoms with Crippen LogP contribution in [-0.2, 0) is 0 Å². The minimum atomic E-state index is 0. The summed E-state index contributed by atoms with van der Waals surface area (Å²) in [6.45, 7) is 0. The fraction of sp³-hybridized carbons (Fsp3) is 0. The van der Waals surface area contributed by atoms with Crippen LogP contribution in [0.1, 0.15) is 0 Å². The van der Waals surface area contributed by atoms with E-state index in [9.17, 15) is 0 Å². The van der Waals surface area contributed by atoms with E-state index in [0.29, 0.717) is 0 Å². The van der Waals surface area contributed by atoms with Crippen molar-refractivity contribution in [3.8, 4) is 22.3 Å². The fourth-order valence-electron chi connectivity index (χ4n) is 12.1. The number of benzene rings is 21. The molecule has 0 radical (unpaired) electrons. The first kappa shape index (κ1) is 80.6. The van der Waals surface area contributed by atoms with Crippen LogP contribution in [0.15, 0.2) is 497 Å². The first-order valence-corrected chi connectivity index (χ1v) is 36.5. The summed E-state index contributed by atoms with van der Waals surface area (Å²) in [5.74, 6) is 0. The molecule has 0 aliphatic rings. The Kier molecular flexibility index (Phi) is 33.5. The van der Waals surface area contributed by atoms with Gasteiger partial charge in [0.1, 0.15) is 0 Å². The molecular weight excluding hydrogens is 1770 g/mol. The van der Waals surface area contributed by atoms with Gasteiger partial charge in [-0.05, 0) is 133 Å². The molecule has 2 heteroatoms. The summed E-state index contributed by atoms with van der Waals surface area (Å²) < 4.78 is 0. The average molecular weight is 1860 g/mol. The van der Waals surface area contributed by atoms with Crippen molar-refractivity contribution in [1.82, 2.24) is 0 Å². The zero-order valence-electron chi connectivity index (χ0n) is 61.3. The number of fused-ring (bicyclic) bond motifs is 9. The van der Waals surface area contributed by atoms with E-state index >= 15 is 0 Å². The van der Waals surface area contributed by atoms with Gasteiger partial charge >= 0.3 is 62.2 Å². The quantitative estimate of drug-likeness (QED) is 0.120. The maximum atomic E-state index is 3.15. The molecule has 0 aliphatic carbocycles. The van der Waals surface area contributed by atoms with Gasteiger partial charge < -0.3 is 0 Å². The minimum Gasteiger partial charge on any atom is -0.226 e. The van der Waals surface area contributed by atoms with Gasteiger partial charge in [-0.3, -0.25) is 0 Å². The van der Waals surface area contributed by atoms with Crippen molar-refractivity contribution in [1.29, 1.82) is 0 Å². The largest absolute Gasteiger partial charge is 2.00 e. The maximum Gasteiger partial charge on any atom is 2.00 e. The Hall–Kier alpha value is -11.9. The van der Waals surface area contributed by atoms with E-state index in [1.54, 1.807) is 0 Å². The van der Waals surface area contributed by atoms with E-state index in [1.807, 2.05) is 170 Å². The molecule has 0 saturated carbocycles. The second kappa shape index (κ2) is 45.7. The summed E-state index contributed by atoms with van der Waals surface area (Å²) in [4.78, 5) is 0. The van der Waals surface area contributed by atoms with E-state index in [-0.39, 0.29) is 62.2 Å². The topological polar surface area (TPSA) is 0 Å². The smallest absolute Gasteiger partial charge is 0.226 e. The summed E-state index contributed by atoms with van der Waals surface area (Å²) in [7, 11) is 0. The summed E-state index contributed by atoms with van der Waals surface area (Å²) in [6, 6.07) is 183. The maximum absolute atomic E-state index is 3.15. The Morgan fingerprint density at radius 1 is 0.100 bits per heavy atom. The van der Waals surface area contributed by atoms with Gasteiger partial charge in [-0.2, -0.15) is 97.1 Å². The van der Waals surface area contributed by atoms with E-state index in [4.69, 9.17) is 0 Å². The van der Waals surface area contributed by atoms with E-state index in [2.05, 4.69) is 352 Å². The third kappa shape index (κ3) is 25.6. The van der Waals surface area contributed by atoms with Crippen molar-refractivity contribution in [3.63, 3.8) is 0 Å². The van der Waals surface area contributed by atoms with Gasteiger partial charge in [-0.15, -0.1) is 24.3 Å². The molecule has 0 saturated heterocycles. The molecule has 522 valence electrons. The molecule has 21 aromatic carbocycles. The molecule has 0 aromatic heterocycles. The minimum absolute atomic E-state index is 0. The second-order valence-corrected chi connectivity index (χ2v) is 25.1. The molecule has 0 nitrogen and oxygen atoms in total. The predicted octanol–water partition coefficient (Wildman–Crippen LogP) is 29.8. The third-order valence-electron chi connectivity index (χ3n) is 17.6. The molecule has 0 spiro atoms. The van der Waals surface area contributed by atoms with Gasteiger partial charge in [-0.25, -0.2) is 22.3 Å². The third-order valence-corrected chi connectivity index (χ3v) is 17.6. The van der Waals surface area contributed by atoms with Crippen LogP contribution in [0.5, 0.6) is 0 Å². The molecule has 21 rings (SSSR count). The van der Waals surface area contributed by atoms with Crippen molar-refractivity contribution in [2.75, 3.05) is 0 Å². The van der Waals surface area contributed by atoms with Crippen LogP contribution in [0, 0.1) is 86.5 Å². The van der Waals surface area contributed by atoms with Crippen LogP contribution < -0.4 is 0 Å². The van der Waals surface area contributed by atoms with Crippen LogP contribution in [0.3, 0.4) is 0 Å². The first-order valence-electron chi connectivity index (χ1n) is 36.5. The van der Waals surface area contributed by atoms with Crippen LogP contribution in [0.2, 0.25) is 0 Å². The normalized spacial score (nSPS) is 9.85. The van der Waals surface area contributed by atoms with E-state index in [1.165, 1.54) is 97.0 Å². The van der Waals surface area contributed by atoms with Gasteiger partial charge in [0.25, 0.3) is 0 Å². The van der Waals surface area contributed by atoms with Crippen LogP contribution in [-0.4, -0.2) is 0 Å². The Morgan fingerprint density at radius 3 is 0.300 bits per heavy atom. The zero-order valence-corrected chi connectivity index (χ0v) is 69.7. The monoisotopic (exact) mass is 1850 g/mol. The van der Waals surface area contributed by atoms with Crippen molar-refractivity contribution < 1.29 is 62.2 Å². The van der Waals surface area contributed by atoms with Crippen molar-refractivity contribution in [2.45, 2.75) is 0 Å². The second-order valence-electron chi connectivity index (χ2n) is 25.1. The summed E-state index contributed by atoms with van der Waals surface area (Å²) in [5, 5.41) is 23.6. The molecule has 0 heterocycles.